The summed E-state index contributed by atoms with van der Waals surface area (Å²) in [5.41, 5.74) is 0. The van der Waals surface area contributed by atoms with Gasteiger partial charge < -0.3 is 4.90 Å². The van der Waals surface area contributed by atoms with Crippen LogP contribution in [0.5, 0.6) is 0 Å². The Morgan fingerprint density at radius 3 is 2.20 bits per heavy atom. The molecule has 4 heteroatoms. The lowest BCUT2D eigenvalue weighted by molar-refractivity contribution is -0.134. The molecule has 0 aromatic carbocycles. The number of nitrogens with zero attached hydrogens (tertiary/aromatic N) is 3. The molecule has 2 saturated heterocycles. The molecule has 0 bridgehead atoms. The number of carbonyl (C=O) groups excluding carboxylic acids is 1. The van der Waals surface area contributed by atoms with E-state index in [4.69, 9.17) is 0 Å². The van der Waals surface area contributed by atoms with Crippen molar-refractivity contribution in [3.05, 3.63) is 0 Å². The van der Waals surface area contributed by atoms with Crippen molar-refractivity contribution in [2.75, 3.05) is 45.8 Å². The molecule has 0 aromatic rings. The Balaban J connectivity index is 1.74. The third-order valence-corrected chi connectivity index (χ3v) is 5.01. The lowest BCUT2D eigenvalue weighted by atomic mass is 9.95. The lowest BCUT2D eigenvalue weighted by Crippen LogP contribution is -2.52. The van der Waals surface area contributed by atoms with E-state index in [0.717, 1.165) is 51.1 Å². The molecule has 1 atom stereocenters. The number of piperazine rings is 1. The highest BCUT2D eigenvalue weighted by Gasteiger charge is 2.28. The van der Waals surface area contributed by atoms with Gasteiger partial charge in [-0.2, -0.15) is 0 Å². The first-order valence-electron chi connectivity index (χ1n) is 8.21. The van der Waals surface area contributed by atoms with E-state index >= 15 is 0 Å². The van der Waals surface area contributed by atoms with E-state index in [-0.39, 0.29) is 0 Å². The first-order chi connectivity index (χ1) is 9.47. The maximum Gasteiger partial charge on any atom is 0.236 e. The smallest absolute Gasteiger partial charge is 0.236 e. The second-order valence-electron chi connectivity index (χ2n) is 7.04. The van der Waals surface area contributed by atoms with Crippen molar-refractivity contribution in [1.29, 1.82) is 0 Å². The molecular formula is C16H31N3O. The van der Waals surface area contributed by atoms with Gasteiger partial charge in [-0.3, -0.25) is 14.6 Å². The van der Waals surface area contributed by atoms with Crippen molar-refractivity contribution in [2.45, 2.75) is 40.2 Å². The number of rotatable bonds is 4. The van der Waals surface area contributed by atoms with Crippen LogP contribution in [0.25, 0.3) is 0 Å². The Labute approximate surface area is 124 Å². The maximum atomic E-state index is 12.4. The van der Waals surface area contributed by atoms with Crippen molar-refractivity contribution >= 4 is 5.91 Å². The Hall–Kier alpha value is -0.610. The van der Waals surface area contributed by atoms with Crippen LogP contribution in [0.4, 0.5) is 0 Å². The van der Waals surface area contributed by atoms with E-state index in [1.807, 2.05) is 0 Å². The predicted octanol–water partition coefficient (Wildman–Crippen LogP) is 1.52. The monoisotopic (exact) mass is 281 g/mol. The molecule has 0 saturated carbocycles. The number of hydrogen-bond acceptors (Lipinski definition) is 3. The molecule has 1 unspecified atom stereocenters. The quantitative estimate of drug-likeness (QED) is 0.782. The predicted molar refractivity (Wildman–Crippen MR) is 82.7 cm³/mol. The molecule has 116 valence electrons. The Morgan fingerprint density at radius 1 is 1.05 bits per heavy atom. The number of carbonyl (C=O) groups is 1. The van der Waals surface area contributed by atoms with Crippen LogP contribution in [-0.2, 0) is 4.79 Å². The molecule has 2 aliphatic heterocycles. The number of likely N-dealkylation sites (tertiary alicyclic amines) is 1. The zero-order chi connectivity index (χ0) is 14.7. The standard InChI is InChI=1S/C16H31N3O/c1-13(2)15-5-6-17(11-15)12-16(20)19-9-7-18(8-10-19)14(3)4/h13-15H,5-12H2,1-4H3. The normalized spacial score (nSPS) is 25.9. The fourth-order valence-electron chi connectivity index (χ4n) is 3.33. The summed E-state index contributed by atoms with van der Waals surface area (Å²) >= 11 is 0. The minimum Gasteiger partial charge on any atom is -0.339 e. The Morgan fingerprint density at radius 2 is 1.70 bits per heavy atom. The first-order valence-corrected chi connectivity index (χ1v) is 8.21. The largest absolute Gasteiger partial charge is 0.339 e. The van der Waals surface area contributed by atoms with Crippen LogP contribution in [-0.4, -0.2) is 72.5 Å². The minimum atomic E-state index is 0.331. The molecule has 2 fully saturated rings. The van der Waals surface area contributed by atoms with Gasteiger partial charge in [0.05, 0.1) is 6.54 Å². The Kier molecular flexibility index (Phi) is 5.44. The van der Waals surface area contributed by atoms with Crippen molar-refractivity contribution in [3.8, 4) is 0 Å². The summed E-state index contributed by atoms with van der Waals surface area (Å²) in [5, 5.41) is 0. The van der Waals surface area contributed by atoms with Crippen molar-refractivity contribution < 1.29 is 4.79 Å². The molecule has 2 rings (SSSR count). The summed E-state index contributed by atoms with van der Waals surface area (Å²) in [6.07, 6.45) is 1.26. The van der Waals surface area contributed by atoms with Crippen LogP contribution in [0.15, 0.2) is 0 Å². The highest BCUT2D eigenvalue weighted by molar-refractivity contribution is 5.78. The summed E-state index contributed by atoms with van der Waals surface area (Å²) in [4.78, 5) is 19.2. The van der Waals surface area contributed by atoms with Crippen LogP contribution < -0.4 is 0 Å². The topological polar surface area (TPSA) is 26.8 Å². The van der Waals surface area contributed by atoms with Crippen LogP contribution in [0, 0.1) is 11.8 Å². The van der Waals surface area contributed by atoms with Crippen molar-refractivity contribution in [1.82, 2.24) is 14.7 Å². The van der Waals surface area contributed by atoms with E-state index in [0.29, 0.717) is 18.5 Å². The van der Waals surface area contributed by atoms with Gasteiger partial charge in [0, 0.05) is 38.8 Å². The van der Waals surface area contributed by atoms with Crippen LogP contribution in [0.3, 0.4) is 0 Å². The summed E-state index contributed by atoms with van der Waals surface area (Å²) < 4.78 is 0. The SMILES string of the molecule is CC(C)C1CCN(CC(=O)N2CCN(C(C)C)CC2)C1. The van der Waals surface area contributed by atoms with Gasteiger partial charge in [0.25, 0.3) is 0 Å². The molecule has 0 radical (unpaired) electrons. The van der Waals surface area contributed by atoms with Gasteiger partial charge in [-0.1, -0.05) is 13.8 Å². The van der Waals surface area contributed by atoms with E-state index in [1.165, 1.54) is 6.42 Å². The minimum absolute atomic E-state index is 0.331. The van der Waals surface area contributed by atoms with Crippen molar-refractivity contribution in [2.24, 2.45) is 11.8 Å². The molecule has 0 aromatic heterocycles. The molecule has 20 heavy (non-hydrogen) atoms. The van der Waals surface area contributed by atoms with Crippen LogP contribution in [0.2, 0.25) is 0 Å². The van der Waals surface area contributed by atoms with Gasteiger partial charge in [-0.15, -0.1) is 0 Å². The average molecular weight is 281 g/mol. The first kappa shape index (κ1) is 15.8. The van der Waals surface area contributed by atoms with Gasteiger partial charge in [-0.05, 0) is 38.6 Å². The molecular weight excluding hydrogens is 250 g/mol. The zero-order valence-corrected chi connectivity index (χ0v) is 13.6. The summed E-state index contributed by atoms with van der Waals surface area (Å²) in [6.45, 7) is 15.7. The summed E-state index contributed by atoms with van der Waals surface area (Å²) in [5.74, 6) is 1.85. The lowest BCUT2D eigenvalue weighted by Gasteiger charge is -2.37. The van der Waals surface area contributed by atoms with E-state index < -0.39 is 0 Å². The number of hydrogen-bond donors (Lipinski definition) is 0. The molecule has 0 N–H and O–H groups in total. The molecule has 4 nitrogen and oxygen atoms in total. The van der Waals surface area contributed by atoms with Crippen LogP contribution in [0.1, 0.15) is 34.1 Å². The molecule has 1 amide bonds. The highest BCUT2D eigenvalue weighted by atomic mass is 16.2. The van der Waals surface area contributed by atoms with Crippen molar-refractivity contribution in [3.63, 3.8) is 0 Å². The van der Waals surface area contributed by atoms with Gasteiger partial charge in [0.2, 0.25) is 5.91 Å². The van der Waals surface area contributed by atoms with E-state index in [1.54, 1.807) is 0 Å². The molecule has 2 aliphatic rings. The molecule has 0 aliphatic carbocycles. The van der Waals surface area contributed by atoms with Gasteiger partial charge >= 0.3 is 0 Å². The zero-order valence-electron chi connectivity index (χ0n) is 13.6. The second kappa shape index (κ2) is 6.90. The summed E-state index contributed by atoms with van der Waals surface area (Å²) in [6, 6.07) is 0.595. The molecule has 0 spiro atoms. The summed E-state index contributed by atoms with van der Waals surface area (Å²) in [7, 11) is 0. The van der Waals surface area contributed by atoms with E-state index in [9.17, 15) is 4.79 Å². The fraction of sp³-hybridized carbons (Fsp3) is 0.938. The van der Waals surface area contributed by atoms with Gasteiger partial charge in [-0.25, -0.2) is 0 Å². The maximum absolute atomic E-state index is 12.4. The highest BCUT2D eigenvalue weighted by Crippen LogP contribution is 2.23. The number of amides is 1. The van der Waals surface area contributed by atoms with Crippen LogP contribution >= 0.6 is 0 Å². The fourth-order valence-corrected chi connectivity index (χ4v) is 3.33. The van der Waals surface area contributed by atoms with Gasteiger partial charge in [0.1, 0.15) is 0 Å². The Bertz CT molecular complexity index is 322. The average Bonchev–Trinajstić information content (AvgIpc) is 2.87. The van der Waals surface area contributed by atoms with E-state index in [2.05, 4.69) is 42.4 Å². The second-order valence-corrected chi connectivity index (χ2v) is 7.04. The van der Waals surface area contributed by atoms with Gasteiger partial charge in [0.15, 0.2) is 0 Å². The third kappa shape index (κ3) is 3.95. The molecule has 2 heterocycles. The third-order valence-electron chi connectivity index (χ3n) is 5.01.